The molecule has 0 bridgehead atoms. The van der Waals surface area contributed by atoms with E-state index in [0.29, 0.717) is 6.54 Å². The third-order valence-corrected chi connectivity index (χ3v) is 3.60. The molecule has 0 aromatic carbocycles. The van der Waals surface area contributed by atoms with E-state index in [9.17, 15) is 0 Å². The molecule has 0 saturated heterocycles. The number of halogens is 1. The molecule has 0 fully saturated rings. The van der Waals surface area contributed by atoms with Crippen LogP contribution in [0.3, 0.4) is 0 Å². The maximum Gasteiger partial charge on any atom is 0.0865 e. The van der Waals surface area contributed by atoms with E-state index >= 15 is 0 Å². The van der Waals surface area contributed by atoms with E-state index in [1.807, 2.05) is 36.9 Å². The van der Waals surface area contributed by atoms with Gasteiger partial charge in [0, 0.05) is 24.5 Å². The monoisotopic (exact) mass is 266 g/mol. The van der Waals surface area contributed by atoms with Crippen LogP contribution >= 0.6 is 11.6 Å². The Morgan fingerprint density at radius 3 is 2.83 bits per heavy atom. The van der Waals surface area contributed by atoms with Crippen molar-refractivity contribution in [3.05, 3.63) is 40.4 Å². The molecule has 98 valence electrons. The first-order valence-corrected chi connectivity index (χ1v) is 6.54. The van der Waals surface area contributed by atoms with Gasteiger partial charge in [-0.25, -0.2) is 0 Å². The molecular formula is C13H19ClN4. The lowest BCUT2D eigenvalue weighted by Gasteiger charge is -2.13. The average Bonchev–Trinajstić information content (AvgIpc) is 2.89. The second-order valence-corrected chi connectivity index (χ2v) is 4.89. The van der Waals surface area contributed by atoms with E-state index < -0.39 is 0 Å². The fourth-order valence-electron chi connectivity index (χ4n) is 2.17. The first-order chi connectivity index (χ1) is 8.54. The van der Waals surface area contributed by atoms with E-state index in [-0.39, 0.29) is 6.04 Å². The van der Waals surface area contributed by atoms with Gasteiger partial charge in [-0.15, -0.1) is 0 Å². The minimum Gasteiger partial charge on any atom is -0.344 e. The largest absolute Gasteiger partial charge is 0.344 e. The molecule has 4 nitrogen and oxygen atoms in total. The predicted molar refractivity (Wildman–Crippen MR) is 73.8 cm³/mol. The van der Waals surface area contributed by atoms with Crippen LogP contribution in [0.2, 0.25) is 5.02 Å². The third kappa shape index (κ3) is 2.31. The number of rotatable bonds is 4. The highest BCUT2D eigenvalue weighted by molar-refractivity contribution is 6.31. The summed E-state index contributed by atoms with van der Waals surface area (Å²) in [5, 5.41) is 5.17. The van der Waals surface area contributed by atoms with E-state index in [0.717, 1.165) is 28.6 Å². The summed E-state index contributed by atoms with van der Waals surface area (Å²) in [7, 11) is 0. The summed E-state index contributed by atoms with van der Waals surface area (Å²) in [6, 6.07) is 4.06. The lowest BCUT2D eigenvalue weighted by molar-refractivity contribution is 0.582. The molecule has 1 unspecified atom stereocenters. The summed E-state index contributed by atoms with van der Waals surface area (Å²) in [6.45, 7) is 7.50. The molecule has 0 radical (unpaired) electrons. The van der Waals surface area contributed by atoms with Crippen LogP contribution in [0.4, 0.5) is 0 Å². The second-order valence-electron chi connectivity index (χ2n) is 4.51. The Balaban J connectivity index is 2.36. The first-order valence-electron chi connectivity index (χ1n) is 6.17. The Labute approximate surface area is 112 Å². The Kier molecular flexibility index (Phi) is 3.78. The Morgan fingerprint density at radius 1 is 1.50 bits per heavy atom. The van der Waals surface area contributed by atoms with E-state index in [2.05, 4.69) is 16.6 Å². The average molecular weight is 267 g/mol. The van der Waals surface area contributed by atoms with Crippen LogP contribution in [-0.2, 0) is 13.1 Å². The van der Waals surface area contributed by atoms with Crippen molar-refractivity contribution in [3.8, 4) is 0 Å². The Morgan fingerprint density at radius 2 is 2.22 bits per heavy atom. The minimum absolute atomic E-state index is 0.0119. The maximum atomic E-state index is 6.31. The Bertz CT molecular complexity index is 539. The van der Waals surface area contributed by atoms with E-state index in [1.165, 1.54) is 0 Å². The number of aryl methyl sites for hydroxylation is 2. The quantitative estimate of drug-likeness (QED) is 0.925. The molecule has 2 N–H and O–H groups in total. The number of nitrogens with two attached hydrogens (primary N) is 1. The van der Waals surface area contributed by atoms with Crippen molar-refractivity contribution in [2.75, 3.05) is 0 Å². The van der Waals surface area contributed by atoms with Crippen LogP contribution < -0.4 is 5.73 Å². The first kappa shape index (κ1) is 13.2. The van der Waals surface area contributed by atoms with Gasteiger partial charge in [-0.1, -0.05) is 11.6 Å². The lowest BCUT2D eigenvalue weighted by atomic mass is 10.2. The smallest absolute Gasteiger partial charge is 0.0865 e. The molecule has 1 atom stereocenters. The molecule has 0 amide bonds. The van der Waals surface area contributed by atoms with Gasteiger partial charge in [-0.3, -0.25) is 4.68 Å². The highest BCUT2D eigenvalue weighted by Crippen LogP contribution is 2.22. The standard InChI is InChI=1S/C13H19ClN4/c1-4-18-12(13(14)10(3)16-18)8-17-7-5-6-11(17)9(2)15/h5-7,9H,4,8,15H2,1-3H3. The number of nitrogens with zero attached hydrogens (tertiary/aromatic N) is 3. The van der Waals surface area contributed by atoms with Gasteiger partial charge in [0.25, 0.3) is 0 Å². The van der Waals surface area contributed by atoms with Crippen LogP contribution in [0.25, 0.3) is 0 Å². The van der Waals surface area contributed by atoms with E-state index in [1.54, 1.807) is 0 Å². The van der Waals surface area contributed by atoms with Gasteiger partial charge in [0.15, 0.2) is 0 Å². The van der Waals surface area contributed by atoms with E-state index in [4.69, 9.17) is 17.3 Å². The summed E-state index contributed by atoms with van der Waals surface area (Å²) in [5.74, 6) is 0. The SMILES string of the molecule is CCn1nc(C)c(Cl)c1Cn1cccc1C(C)N. The van der Waals surface area contributed by atoms with Gasteiger partial charge >= 0.3 is 0 Å². The number of hydrogen-bond donors (Lipinski definition) is 1. The molecule has 0 saturated carbocycles. The van der Waals surface area contributed by atoms with Gasteiger partial charge < -0.3 is 10.3 Å². The van der Waals surface area contributed by atoms with Gasteiger partial charge in [-0.05, 0) is 32.9 Å². The van der Waals surface area contributed by atoms with Gasteiger partial charge in [0.1, 0.15) is 0 Å². The van der Waals surface area contributed by atoms with Crippen LogP contribution in [0.5, 0.6) is 0 Å². The molecular weight excluding hydrogens is 248 g/mol. The number of hydrogen-bond acceptors (Lipinski definition) is 2. The fourth-order valence-corrected chi connectivity index (χ4v) is 2.36. The van der Waals surface area contributed by atoms with Gasteiger partial charge in [0.05, 0.1) is 23.0 Å². The molecule has 18 heavy (non-hydrogen) atoms. The molecule has 0 aliphatic rings. The maximum absolute atomic E-state index is 6.31. The molecule has 0 aliphatic heterocycles. The molecule has 5 heteroatoms. The second kappa shape index (κ2) is 5.16. The van der Waals surface area contributed by atoms with Crippen molar-refractivity contribution < 1.29 is 0 Å². The number of aromatic nitrogens is 3. The molecule has 0 aliphatic carbocycles. The van der Waals surface area contributed by atoms with Crippen LogP contribution in [0.1, 0.15) is 37.0 Å². The predicted octanol–water partition coefficient (Wildman–Crippen LogP) is 2.73. The lowest BCUT2D eigenvalue weighted by Crippen LogP contribution is -2.14. The molecule has 0 spiro atoms. The van der Waals surface area contributed by atoms with Crippen LogP contribution in [-0.4, -0.2) is 14.3 Å². The topological polar surface area (TPSA) is 48.8 Å². The normalized spacial score (nSPS) is 12.9. The summed E-state index contributed by atoms with van der Waals surface area (Å²) < 4.78 is 4.07. The highest BCUT2D eigenvalue weighted by atomic mass is 35.5. The van der Waals surface area contributed by atoms with Crippen molar-refractivity contribution in [1.82, 2.24) is 14.3 Å². The van der Waals surface area contributed by atoms with Crippen LogP contribution in [0.15, 0.2) is 18.3 Å². The highest BCUT2D eigenvalue weighted by Gasteiger charge is 2.14. The molecule has 2 aromatic heterocycles. The molecule has 2 heterocycles. The molecule has 2 rings (SSSR count). The van der Waals surface area contributed by atoms with Crippen molar-refractivity contribution in [2.45, 2.75) is 39.9 Å². The van der Waals surface area contributed by atoms with Crippen molar-refractivity contribution >= 4 is 11.6 Å². The fraction of sp³-hybridized carbons (Fsp3) is 0.462. The minimum atomic E-state index is 0.0119. The summed E-state index contributed by atoms with van der Waals surface area (Å²) in [4.78, 5) is 0. The van der Waals surface area contributed by atoms with Gasteiger partial charge in [0.2, 0.25) is 0 Å². The van der Waals surface area contributed by atoms with Gasteiger partial charge in [-0.2, -0.15) is 5.10 Å². The summed E-state index contributed by atoms with van der Waals surface area (Å²) in [6.07, 6.45) is 2.03. The summed E-state index contributed by atoms with van der Waals surface area (Å²) in [5.41, 5.74) is 8.97. The molecule has 2 aromatic rings. The van der Waals surface area contributed by atoms with Crippen molar-refractivity contribution in [2.24, 2.45) is 5.73 Å². The zero-order valence-electron chi connectivity index (χ0n) is 11.0. The third-order valence-electron chi connectivity index (χ3n) is 3.10. The van der Waals surface area contributed by atoms with Crippen molar-refractivity contribution in [1.29, 1.82) is 0 Å². The zero-order valence-corrected chi connectivity index (χ0v) is 11.8. The van der Waals surface area contributed by atoms with Crippen molar-refractivity contribution in [3.63, 3.8) is 0 Å². The van der Waals surface area contributed by atoms with Crippen LogP contribution in [0, 0.1) is 6.92 Å². The zero-order chi connectivity index (χ0) is 13.3. The summed E-state index contributed by atoms with van der Waals surface area (Å²) >= 11 is 6.31. The Hall–Kier alpha value is -1.26.